The molecule has 2 bridgehead atoms. The van der Waals surface area contributed by atoms with Crippen LogP contribution in [0.25, 0.3) is 11.0 Å². The van der Waals surface area contributed by atoms with E-state index in [0.717, 1.165) is 42.7 Å². The van der Waals surface area contributed by atoms with Crippen LogP contribution in [0.15, 0.2) is 54.6 Å². The zero-order valence-corrected chi connectivity index (χ0v) is 14.9. The van der Waals surface area contributed by atoms with Gasteiger partial charge in [-0.2, -0.15) is 0 Å². The van der Waals surface area contributed by atoms with Crippen molar-refractivity contribution in [2.45, 2.75) is 50.4 Å². The molecular weight excluding hydrogens is 322 g/mol. The van der Waals surface area contributed by atoms with Crippen molar-refractivity contribution in [2.24, 2.45) is 5.92 Å². The molecule has 2 aromatic carbocycles. The molecule has 2 aliphatic rings. The number of nitrogens with one attached hydrogen (secondary N) is 1. The Morgan fingerprint density at radius 2 is 1.81 bits per heavy atom. The Kier molecular flexibility index (Phi) is 4.03. The third-order valence-electron chi connectivity index (χ3n) is 6.17. The van der Waals surface area contributed by atoms with Crippen molar-refractivity contribution >= 4 is 11.0 Å². The second-order valence-electron chi connectivity index (χ2n) is 7.92. The number of piperidine rings is 1. The fraction of sp³-hybridized carbons (Fsp3) is 0.409. The second kappa shape index (κ2) is 6.53. The van der Waals surface area contributed by atoms with Gasteiger partial charge in [0.1, 0.15) is 5.82 Å². The number of aromatic nitrogens is 2. The highest BCUT2D eigenvalue weighted by molar-refractivity contribution is 5.74. The molecule has 0 spiro atoms. The summed E-state index contributed by atoms with van der Waals surface area (Å²) in [5, 5.41) is 10.6. The predicted octanol–water partition coefficient (Wildman–Crippen LogP) is 3.52. The number of benzene rings is 2. The first kappa shape index (κ1) is 16.0. The molecule has 4 heteroatoms. The molecular formula is C22H25N3O. The largest absolute Gasteiger partial charge is 0.391 e. The molecule has 3 aromatic rings. The maximum absolute atomic E-state index is 10.6. The molecule has 1 unspecified atom stereocenters. The molecule has 4 atom stereocenters. The number of aromatic amines is 1. The smallest absolute Gasteiger partial charge is 0.121 e. The summed E-state index contributed by atoms with van der Waals surface area (Å²) in [4.78, 5) is 10.7. The first-order valence-corrected chi connectivity index (χ1v) is 9.67. The van der Waals surface area contributed by atoms with E-state index in [-0.39, 0.29) is 12.1 Å². The topological polar surface area (TPSA) is 52.1 Å². The first-order valence-electron chi connectivity index (χ1n) is 9.67. The minimum absolute atomic E-state index is 0.204. The summed E-state index contributed by atoms with van der Waals surface area (Å²) in [6.07, 6.45) is 4.06. The van der Waals surface area contributed by atoms with Gasteiger partial charge in [-0.1, -0.05) is 42.5 Å². The molecule has 0 radical (unpaired) electrons. The van der Waals surface area contributed by atoms with Crippen LogP contribution in [0.3, 0.4) is 0 Å². The number of hydrogen-bond donors (Lipinski definition) is 2. The third-order valence-corrected chi connectivity index (χ3v) is 6.17. The van der Waals surface area contributed by atoms with Crippen molar-refractivity contribution in [2.75, 3.05) is 0 Å². The Labute approximate surface area is 153 Å². The number of H-pyrrole nitrogens is 1. The maximum atomic E-state index is 10.6. The Morgan fingerprint density at radius 3 is 2.62 bits per heavy atom. The highest BCUT2D eigenvalue weighted by Gasteiger charge is 2.46. The molecule has 1 aromatic heterocycles. The summed E-state index contributed by atoms with van der Waals surface area (Å²) in [5.41, 5.74) is 3.53. The van der Waals surface area contributed by atoms with Gasteiger partial charge >= 0.3 is 0 Å². The van der Waals surface area contributed by atoms with Crippen LogP contribution < -0.4 is 0 Å². The third kappa shape index (κ3) is 2.93. The van der Waals surface area contributed by atoms with E-state index in [1.54, 1.807) is 0 Å². The summed E-state index contributed by atoms with van der Waals surface area (Å²) >= 11 is 0. The molecule has 2 aliphatic heterocycles. The molecule has 3 heterocycles. The molecule has 2 fully saturated rings. The molecule has 2 N–H and O–H groups in total. The summed E-state index contributed by atoms with van der Waals surface area (Å²) in [6.45, 7) is 0.805. The fourth-order valence-electron chi connectivity index (χ4n) is 5.02. The van der Waals surface area contributed by atoms with Gasteiger partial charge in [0.05, 0.1) is 23.7 Å². The molecule has 134 valence electrons. The molecule has 26 heavy (non-hydrogen) atoms. The first-order chi connectivity index (χ1) is 12.8. The van der Waals surface area contributed by atoms with Crippen molar-refractivity contribution in [3.63, 3.8) is 0 Å². The molecule has 5 rings (SSSR count). The van der Waals surface area contributed by atoms with E-state index in [1.165, 1.54) is 12.0 Å². The van der Waals surface area contributed by atoms with Gasteiger partial charge < -0.3 is 10.1 Å². The highest BCUT2D eigenvalue weighted by Crippen LogP contribution is 2.40. The summed E-state index contributed by atoms with van der Waals surface area (Å²) in [5.74, 6) is 1.67. The van der Waals surface area contributed by atoms with Crippen LogP contribution in [-0.4, -0.2) is 38.2 Å². The van der Waals surface area contributed by atoms with Gasteiger partial charge in [0.15, 0.2) is 0 Å². The monoisotopic (exact) mass is 347 g/mol. The average molecular weight is 347 g/mol. The van der Waals surface area contributed by atoms with Crippen molar-refractivity contribution in [1.82, 2.24) is 14.9 Å². The van der Waals surface area contributed by atoms with E-state index < -0.39 is 0 Å². The number of rotatable bonds is 4. The van der Waals surface area contributed by atoms with Gasteiger partial charge in [0.2, 0.25) is 0 Å². The van der Waals surface area contributed by atoms with E-state index in [0.29, 0.717) is 12.0 Å². The Bertz CT molecular complexity index is 858. The summed E-state index contributed by atoms with van der Waals surface area (Å²) in [7, 11) is 0. The molecule has 0 saturated carbocycles. The number of nitrogens with zero attached hydrogens (tertiary/aromatic N) is 2. The van der Waals surface area contributed by atoms with Crippen LogP contribution in [0.1, 0.15) is 30.7 Å². The summed E-state index contributed by atoms with van der Waals surface area (Å²) < 4.78 is 0. The van der Waals surface area contributed by atoms with Crippen LogP contribution in [0.2, 0.25) is 0 Å². The van der Waals surface area contributed by atoms with E-state index >= 15 is 0 Å². The Morgan fingerprint density at radius 1 is 1.00 bits per heavy atom. The molecule has 4 nitrogen and oxygen atoms in total. The Balaban J connectivity index is 1.32. The van der Waals surface area contributed by atoms with Gasteiger partial charge in [0, 0.05) is 12.1 Å². The van der Waals surface area contributed by atoms with E-state index in [9.17, 15) is 5.11 Å². The summed E-state index contributed by atoms with van der Waals surface area (Å²) in [6, 6.07) is 19.7. The van der Waals surface area contributed by atoms with Crippen molar-refractivity contribution < 1.29 is 5.11 Å². The standard InChI is InChI=1S/C22H25N3O/c26-21-13-17-11-16(10-15-6-2-1-3-7-15)12-20(21)25(17)14-22-23-18-8-4-5-9-19(18)24-22/h1-9,16-17,20-21,26H,10-14H2,(H,23,24)/t16-,17+,20-,21?/m1/s1. The Hall–Kier alpha value is -2.17. The minimum Gasteiger partial charge on any atom is -0.391 e. The van der Waals surface area contributed by atoms with Crippen LogP contribution in [-0.2, 0) is 13.0 Å². The number of para-hydroxylation sites is 2. The normalized spacial score (nSPS) is 28.7. The van der Waals surface area contributed by atoms with E-state index in [1.807, 2.05) is 18.2 Å². The van der Waals surface area contributed by atoms with Crippen LogP contribution in [0.5, 0.6) is 0 Å². The lowest BCUT2D eigenvalue weighted by Gasteiger charge is -2.38. The van der Waals surface area contributed by atoms with Gasteiger partial charge in [-0.15, -0.1) is 0 Å². The van der Waals surface area contributed by atoms with Crippen molar-refractivity contribution in [1.29, 1.82) is 0 Å². The SMILES string of the molecule is OC1C[C@@H]2C[C@@H](Cc3ccccc3)C[C@H]1N2Cc1nc2ccccc2[nH]1. The van der Waals surface area contributed by atoms with Gasteiger partial charge in [-0.05, 0) is 49.3 Å². The zero-order valence-electron chi connectivity index (χ0n) is 14.9. The number of fused-ring (bicyclic) bond motifs is 3. The number of hydrogen-bond acceptors (Lipinski definition) is 3. The lowest BCUT2D eigenvalue weighted by molar-refractivity contribution is 0.0537. The average Bonchev–Trinajstić information content (AvgIpc) is 3.13. The molecule has 2 saturated heterocycles. The predicted molar refractivity (Wildman–Crippen MR) is 103 cm³/mol. The fourth-order valence-corrected chi connectivity index (χ4v) is 5.02. The maximum Gasteiger partial charge on any atom is 0.121 e. The number of imidazole rings is 1. The van der Waals surface area contributed by atoms with E-state index in [4.69, 9.17) is 4.98 Å². The molecule has 0 amide bonds. The second-order valence-corrected chi connectivity index (χ2v) is 7.92. The van der Waals surface area contributed by atoms with Crippen molar-refractivity contribution in [3.8, 4) is 0 Å². The molecule has 0 aliphatic carbocycles. The quantitative estimate of drug-likeness (QED) is 0.759. The van der Waals surface area contributed by atoms with E-state index in [2.05, 4.69) is 46.3 Å². The minimum atomic E-state index is -0.204. The lowest BCUT2D eigenvalue weighted by Crippen LogP contribution is -2.45. The lowest BCUT2D eigenvalue weighted by atomic mass is 9.85. The van der Waals surface area contributed by atoms with Gasteiger partial charge in [-0.3, -0.25) is 4.90 Å². The van der Waals surface area contributed by atoms with Crippen LogP contribution in [0, 0.1) is 5.92 Å². The zero-order chi connectivity index (χ0) is 17.5. The highest BCUT2D eigenvalue weighted by atomic mass is 16.3. The van der Waals surface area contributed by atoms with Crippen LogP contribution >= 0.6 is 0 Å². The van der Waals surface area contributed by atoms with Crippen LogP contribution in [0.4, 0.5) is 0 Å². The van der Waals surface area contributed by atoms with Crippen molar-refractivity contribution in [3.05, 3.63) is 66.0 Å². The van der Waals surface area contributed by atoms with Gasteiger partial charge in [0.25, 0.3) is 0 Å². The van der Waals surface area contributed by atoms with Gasteiger partial charge in [-0.25, -0.2) is 4.98 Å². The number of aliphatic hydroxyl groups excluding tert-OH is 1. The number of aliphatic hydroxyl groups is 1.